The van der Waals surface area contributed by atoms with Crippen LogP contribution in [0.25, 0.3) is 0 Å². The van der Waals surface area contributed by atoms with Crippen LogP contribution >= 0.6 is 0 Å². The zero-order valence-corrected chi connectivity index (χ0v) is 6.17. The molecule has 1 aliphatic heterocycles. The van der Waals surface area contributed by atoms with E-state index in [1.54, 1.807) is 0 Å². The number of aliphatic hydroxyl groups is 4. The lowest BCUT2D eigenvalue weighted by atomic mass is 10.0. The lowest BCUT2D eigenvalue weighted by Gasteiger charge is -2.36. The Bertz CT molecular complexity index is 150. The fourth-order valence-corrected chi connectivity index (χ4v) is 1.06. The normalized spacial score (nSPS) is 49.2. The highest BCUT2D eigenvalue weighted by molar-refractivity contribution is 4.88. The van der Waals surface area contributed by atoms with E-state index in [2.05, 4.69) is 4.74 Å². The SMILES string of the molecule is OC[C@H]1OC(O)[C@H](O)[C@@H](F)[C@H]1O. The van der Waals surface area contributed by atoms with Gasteiger partial charge in [0.1, 0.15) is 18.3 Å². The fourth-order valence-electron chi connectivity index (χ4n) is 1.06. The van der Waals surface area contributed by atoms with E-state index in [4.69, 9.17) is 20.4 Å². The van der Waals surface area contributed by atoms with Gasteiger partial charge in [-0.2, -0.15) is 0 Å². The first kappa shape index (κ1) is 9.82. The van der Waals surface area contributed by atoms with E-state index < -0.39 is 37.4 Å². The van der Waals surface area contributed by atoms with Crippen molar-refractivity contribution in [3.8, 4) is 0 Å². The van der Waals surface area contributed by atoms with Crippen molar-refractivity contribution < 1.29 is 29.6 Å². The summed E-state index contributed by atoms with van der Waals surface area (Å²) in [4.78, 5) is 0. The van der Waals surface area contributed by atoms with Gasteiger partial charge in [-0.15, -0.1) is 0 Å². The molecule has 1 saturated heterocycles. The van der Waals surface area contributed by atoms with Crippen molar-refractivity contribution in [2.75, 3.05) is 6.61 Å². The molecule has 1 unspecified atom stereocenters. The van der Waals surface area contributed by atoms with Gasteiger partial charge >= 0.3 is 0 Å². The average molecular weight is 182 g/mol. The average Bonchev–Trinajstić information content (AvgIpc) is 2.08. The molecule has 0 bridgehead atoms. The molecule has 1 fully saturated rings. The second kappa shape index (κ2) is 3.63. The highest BCUT2D eigenvalue weighted by atomic mass is 19.1. The minimum Gasteiger partial charge on any atom is -0.394 e. The quantitative estimate of drug-likeness (QED) is 0.368. The molecule has 0 saturated carbocycles. The highest BCUT2D eigenvalue weighted by Crippen LogP contribution is 2.21. The molecule has 0 radical (unpaired) electrons. The maximum atomic E-state index is 12.8. The molecular weight excluding hydrogens is 171 g/mol. The summed E-state index contributed by atoms with van der Waals surface area (Å²) in [5.41, 5.74) is 0. The number of ether oxygens (including phenoxy) is 1. The molecule has 6 heteroatoms. The zero-order valence-electron chi connectivity index (χ0n) is 6.17. The third-order valence-electron chi connectivity index (χ3n) is 1.82. The Balaban J connectivity index is 2.63. The topological polar surface area (TPSA) is 90.2 Å². The molecule has 5 nitrogen and oxygen atoms in total. The van der Waals surface area contributed by atoms with Crippen LogP contribution in [0.15, 0.2) is 0 Å². The summed E-state index contributed by atoms with van der Waals surface area (Å²) >= 11 is 0. The summed E-state index contributed by atoms with van der Waals surface area (Å²) in [6.07, 6.45) is -8.24. The van der Waals surface area contributed by atoms with Gasteiger partial charge in [0.25, 0.3) is 0 Å². The number of hydrogen-bond donors (Lipinski definition) is 4. The van der Waals surface area contributed by atoms with Crippen molar-refractivity contribution in [3.05, 3.63) is 0 Å². The van der Waals surface area contributed by atoms with Gasteiger partial charge in [0.05, 0.1) is 6.61 Å². The Morgan fingerprint density at radius 3 is 2.25 bits per heavy atom. The molecule has 0 aliphatic carbocycles. The molecule has 0 aromatic rings. The molecular formula is C6H11FO5. The molecule has 1 aliphatic rings. The lowest BCUT2D eigenvalue weighted by Crippen LogP contribution is -2.56. The lowest BCUT2D eigenvalue weighted by molar-refractivity contribution is -0.274. The summed E-state index contributed by atoms with van der Waals surface area (Å²) < 4.78 is 17.3. The van der Waals surface area contributed by atoms with E-state index in [1.165, 1.54) is 0 Å². The number of halogens is 1. The predicted octanol–water partition coefficient (Wildman–Crippen LogP) is -2.24. The number of aliphatic hydroxyl groups excluding tert-OH is 4. The zero-order chi connectivity index (χ0) is 9.30. The van der Waals surface area contributed by atoms with Gasteiger partial charge in [-0.1, -0.05) is 0 Å². The van der Waals surface area contributed by atoms with Crippen LogP contribution in [0.2, 0.25) is 0 Å². The van der Waals surface area contributed by atoms with Crippen molar-refractivity contribution >= 4 is 0 Å². The van der Waals surface area contributed by atoms with Crippen molar-refractivity contribution in [2.45, 2.75) is 30.8 Å². The monoisotopic (exact) mass is 182 g/mol. The highest BCUT2D eigenvalue weighted by Gasteiger charge is 2.43. The molecule has 12 heavy (non-hydrogen) atoms. The standard InChI is InChI=1S/C6H11FO5/c7-3-4(9)2(1-8)12-6(11)5(3)10/h2-6,8-11H,1H2/t2-,3+,4+,5-,6?/m1/s1. The Labute approximate surface area is 68.0 Å². The minimum absolute atomic E-state index is 0.606. The van der Waals surface area contributed by atoms with Crippen LogP contribution < -0.4 is 0 Å². The number of hydrogen-bond acceptors (Lipinski definition) is 5. The van der Waals surface area contributed by atoms with E-state index in [-0.39, 0.29) is 0 Å². The van der Waals surface area contributed by atoms with Gasteiger partial charge < -0.3 is 25.2 Å². The summed E-state index contributed by atoms with van der Waals surface area (Å²) in [6, 6.07) is 0. The predicted molar refractivity (Wildman–Crippen MR) is 34.9 cm³/mol. The van der Waals surface area contributed by atoms with Gasteiger partial charge in [-0.3, -0.25) is 0 Å². The molecule has 0 aromatic carbocycles. The molecule has 0 spiro atoms. The largest absolute Gasteiger partial charge is 0.394 e. The molecule has 1 heterocycles. The van der Waals surface area contributed by atoms with E-state index in [0.29, 0.717) is 0 Å². The first-order valence-corrected chi connectivity index (χ1v) is 3.52. The summed E-state index contributed by atoms with van der Waals surface area (Å²) in [6.45, 7) is -0.606. The van der Waals surface area contributed by atoms with Crippen LogP contribution in [0.3, 0.4) is 0 Å². The van der Waals surface area contributed by atoms with E-state index >= 15 is 0 Å². The summed E-state index contributed by atoms with van der Waals surface area (Å²) in [5.74, 6) is 0. The third kappa shape index (κ3) is 1.57. The van der Waals surface area contributed by atoms with Crippen molar-refractivity contribution in [1.29, 1.82) is 0 Å². The number of alkyl halides is 1. The van der Waals surface area contributed by atoms with Crippen LogP contribution in [0.5, 0.6) is 0 Å². The van der Waals surface area contributed by atoms with E-state index in [1.807, 2.05) is 0 Å². The second-order valence-electron chi connectivity index (χ2n) is 2.67. The fraction of sp³-hybridized carbons (Fsp3) is 1.00. The van der Waals surface area contributed by atoms with Gasteiger partial charge in [-0.25, -0.2) is 4.39 Å². The van der Waals surface area contributed by atoms with E-state index in [0.717, 1.165) is 0 Å². The molecule has 1 rings (SSSR count). The first-order chi connectivity index (χ1) is 5.57. The molecule has 0 aromatic heterocycles. The second-order valence-corrected chi connectivity index (χ2v) is 2.67. The van der Waals surface area contributed by atoms with Gasteiger partial charge in [0.15, 0.2) is 12.5 Å². The van der Waals surface area contributed by atoms with Gasteiger partial charge in [0.2, 0.25) is 0 Å². The maximum absolute atomic E-state index is 12.8. The first-order valence-electron chi connectivity index (χ1n) is 3.52. The van der Waals surface area contributed by atoms with Gasteiger partial charge in [-0.05, 0) is 0 Å². The number of rotatable bonds is 1. The Morgan fingerprint density at radius 2 is 1.75 bits per heavy atom. The minimum atomic E-state index is -1.99. The molecule has 4 N–H and O–H groups in total. The van der Waals surface area contributed by atoms with Gasteiger partial charge in [0, 0.05) is 0 Å². The van der Waals surface area contributed by atoms with Crippen LogP contribution in [0, 0.1) is 0 Å². The summed E-state index contributed by atoms with van der Waals surface area (Å²) in [7, 11) is 0. The molecule has 5 atom stereocenters. The Hall–Kier alpha value is -0.270. The Kier molecular flexibility index (Phi) is 2.97. The van der Waals surface area contributed by atoms with Crippen LogP contribution in [-0.2, 0) is 4.74 Å². The third-order valence-corrected chi connectivity index (χ3v) is 1.82. The Morgan fingerprint density at radius 1 is 1.17 bits per heavy atom. The van der Waals surface area contributed by atoms with Crippen LogP contribution in [-0.4, -0.2) is 57.8 Å². The van der Waals surface area contributed by atoms with Crippen molar-refractivity contribution in [1.82, 2.24) is 0 Å². The maximum Gasteiger partial charge on any atom is 0.184 e. The van der Waals surface area contributed by atoms with Crippen LogP contribution in [0.1, 0.15) is 0 Å². The van der Waals surface area contributed by atoms with E-state index in [9.17, 15) is 4.39 Å². The molecule has 72 valence electrons. The summed E-state index contributed by atoms with van der Waals surface area (Å²) in [5, 5.41) is 35.2. The molecule has 0 amide bonds. The van der Waals surface area contributed by atoms with Crippen molar-refractivity contribution in [3.63, 3.8) is 0 Å². The van der Waals surface area contributed by atoms with Crippen LogP contribution in [0.4, 0.5) is 4.39 Å². The smallest absolute Gasteiger partial charge is 0.184 e. The van der Waals surface area contributed by atoms with Crippen molar-refractivity contribution in [2.24, 2.45) is 0 Å².